The molecule has 112 valence electrons. The van der Waals surface area contributed by atoms with E-state index in [4.69, 9.17) is 39.5 Å². The molecule has 0 aliphatic rings. The third kappa shape index (κ3) is 6.03. The molecule has 1 atom stereocenters. The van der Waals surface area contributed by atoms with Crippen LogP contribution >= 0.6 is 34.8 Å². The van der Waals surface area contributed by atoms with Gasteiger partial charge in [-0.2, -0.15) is 0 Å². The maximum absolute atomic E-state index is 12.8. The monoisotopic (exact) mass is 342 g/mol. The first-order chi connectivity index (χ1) is 9.18. The van der Waals surface area contributed by atoms with Crippen molar-refractivity contribution in [3.63, 3.8) is 0 Å². The Balaban J connectivity index is 2.75. The van der Waals surface area contributed by atoms with Gasteiger partial charge in [0.2, 0.25) is 3.79 Å². The topological polar surface area (TPSA) is 50.4 Å². The number of benzene rings is 1. The van der Waals surface area contributed by atoms with E-state index in [1.807, 2.05) is 0 Å². The molecule has 2 N–H and O–H groups in total. The molecule has 0 spiro atoms. The molecule has 20 heavy (non-hydrogen) atoms. The Morgan fingerprint density at radius 2 is 1.80 bits per heavy atom. The smallest absolute Gasteiger partial charge is 0.409 e. The number of halogens is 4. The zero-order chi connectivity index (χ0) is 15.3. The van der Waals surface area contributed by atoms with Crippen molar-refractivity contribution in [1.29, 1.82) is 0 Å². The highest BCUT2D eigenvalue weighted by Gasteiger charge is 2.34. The Morgan fingerprint density at radius 3 is 2.25 bits per heavy atom. The van der Waals surface area contributed by atoms with Crippen LogP contribution in [-0.4, -0.2) is 22.2 Å². The first-order valence-electron chi connectivity index (χ1n) is 5.74. The standard InChI is InChI=1S/C12H14Cl3FN2O2/c1-7(2)20-11(19)18-10(12(13,14)15)17-9-5-3-8(16)4-6-9/h3-7,10,17H,1-2H3,(H,18,19)/t10-/m0/s1. The fourth-order valence-electron chi connectivity index (χ4n) is 1.28. The first kappa shape index (κ1) is 17.1. The number of carbonyl (C=O) groups excluding carboxylic acids is 1. The van der Waals surface area contributed by atoms with Crippen molar-refractivity contribution >= 4 is 46.6 Å². The van der Waals surface area contributed by atoms with E-state index in [9.17, 15) is 9.18 Å². The van der Waals surface area contributed by atoms with Gasteiger partial charge < -0.3 is 10.1 Å². The number of amides is 1. The average molecular weight is 344 g/mol. The predicted octanol–water partition coefficient (Wildman–Crippen LogP) is 4.07. The van der Waals surface area contributed by atoms with Crippen molar-refractivity contribution in [3.8, 4) is 0 Å². The van der Waals surface area contributed by atoms with Crippen LogP contribution in [0.3, 0.4) is 0 Å². The summed E-state index contributed by atoms with van der Waals surface area (Å²) < 4.78 is 15.9. The molecule has 8 heteroatoms. The lowest BCUT2D eigenvalue weighted by Crippen LogP contribution is -2.49. The van der Waals surface area contributed by atoms with Crippen LogP contribution in [0, 0.1) is 5.82 Å². The van der Waals surface area contributed by atoms with Crippen molar-refractivity contribution < 1.29 is 13.9 Å². The quantitative estimate of drug-likeness (QED) is 0.640. The Bertz CT molecular complexity index is 449. The van der Waals surface area contributed by atoms with Gasteiger partial charge in [0.1, 0.15) is 12.0 Å². The maximum atomic E-state index is 12.8. The van der Waals surface area contributed by atoms with Gasteiger partial charge in [-0.1, -0.05) is 34.8 Å². The van der Waals surface area contributed by atoms with Crippen molar-refractivity contribution in [3.05, 3.63) is 30.1 Å². The molecule has 0 unspecified atom stereocenters. The minimum absolute atomic E-state index is 0.308. The van der Waals surface area contributed by atoms with Crippen molar-refractivity contribution in [1.82, 2.24) is 5.32 Å². The molecule has 0 saturated heterocycles. The van der Waals surface area contributed by atoms with Gasteiger partial charge >= 0.3 is 6.09 Å². The Hall–Kier alpha value is -0.910. The van der Waals surface area contributed by atoms with E-state index < -0.39 is 21.9 Å². The van der Waals surface area contributed by atoms with Crippen LogP contribution in [0.1, 0.15) is 13.8 Å². The van der Waals surface area contributed by atoms with Gasteiger partial charge in [0, 0.05) is 5.69 Å². The predicted molar refractivity (Wildman–Crippen MR) is 78.9 cm³/mol. The number of hydrogen-bond acceptors (Lipinski definition) is 3. The molecule has 0 aliphatic heterocycles. The number of anilines is 1. The summed E-state index contributed by atoms with van der Waals surface area (Å²) in [5, 5.41) is 5.17. The molecule has 1 aromatic rings. The van der Waals surface area contributed by atoms with E-state index >= 15 is 0 Å². The molecule has 0 aliphatic carbocycles. The average Bonchev–Trinajstić information content (AvgIpc) is 2.28. The molecule has 0 saturated carbocycles. The molecular formula is C12H14Cl3FN2O2. The summed E-state index contributed by atoms with van der Waals surface area (Å²) in [7, 11) is 0. The fourth-order valence-corrected chi connectivity index (χ4v) is 1.61. The molecular weight excluding hydrogens is 330 g/mol. The Kier molecular flexibility index (Phi) is 6.17. The second-order valence-corrected chi connectivity index (χ2v) is 6.59. The first-order valence-corrected chi connectivity index (χ1v) is 6.88. The third-order valence-corrected chi connectivity index (χ3v) is 2.74. The second-order valence-electron chi connectivity index (χ2n) is 4.22. The Morgan fingerprint density at radius 1 is 1.25 bits per heavy atom. The summed E-state index contributed by atoms with van der Waals surface area (Å²) in [5.41, 5.74) is 0.479. The molecule has 0 aromatic heterocycles. The number of alkyl carbamates (subject to hydrolysis) is 1. The van der Waals surface area contributed by atoms with Crippen LogP contribution in [0.2, 0.25) is 0 Å². The van der Waals surface area contributed by atoms with Gasteiger partial charge in [-0.15, -0.1) is 0 Å². The van der Waals surface area contributed by atoms with E-state index in [0.29, 0.717) is 5.69 Å². The molecule has 0 bridgehead atoms. The lowest BCUT2D eigenvalue weighted by Gasteiger charge is -2.27. The van der Waals surface area contributed by atoms with Crippen LogP contribution in [0.15, 0.2) is 24.3 Å². The zero-order valence-corrected chi connectivity index (χ0v) is 13.1. The molecule has 0 heterocycles. The van der Waals surface area contributed by atoms with E-state index in [1.165, 1.54) is 24.3 Å². The lowest BCUT2D eigenvalue weighted by molar-refractivity contribution is 0.113. The minimum atomic E-state index is -1.82. The third-order valence-electron chi connectivity index (χ3n) is 2.09. The van der Waals surface area contributed by atoms with Crippen molar-refractivity contribution in [2.75, 3.05) is 5.32 Å². The molecule has 1 amide bonds. The van der Waals surface area contributed by atoms with Crippen LogP contribution in [0.4, 0.5) is 14.9 Å². The normalized spacial score (nSPS) is 12.9. The number of rotatable bonds is 4. The lowest BCUT2D eigenvalue weighted by atomic mass is 10.3. The SMILES string of the molecule is CC(C)OC(=O)N[C@H](Nc1ccc(F)cc1)C(Cl)(Cl)Cl. The van der Waals surface area contributed by atoms with Crippen LogP contribution in [0.25, 0.3) is 0 Å². The van der Waals surface area contributed by atoms with Crippen LogP contribution < -0.4 is 10.6 Å². The number of alkyl halides is 3. The molecule has 0 radical (unpaired) electrons. The summed E-state index contributed by atoms with van der Waals surface area (Å²) in [6, 6.07) is 5.39. The number of hydrogen-bond donors (Lipinski definition) is 2. The summed E-state index contributed by atoms with van der Waals surface area (Å²) in [6.07, 6.45) is -2.08. The van der Waals surface area contributed by atoms with Gasteiger partial charge in [0.25, 0.3) is 0 Å². The van der Waals surface area contributed by atoms with E-state index in [1.54, 1.807) is 13.8 Å². The highest BCUT2D eigenvalue weighted by molar-refractivity contribution is 6.68. The fraction of sp³-hybridized carbons (Fsp3) is 0.417. The minimum Gasteiger partial charge on any atom is -0.447 e. The number of ether oxygens (including phenoxy) is 1. The van der Waals surface area contributed by atoms with Gasteiger partial charge in [0.15, 0.2) is 0 Å². The maximum Gasteiger partial charge on any atom is 0.409 e. The molecule has 0 fully saturated rings. The van der Waals surface area contributed by atoms with Crippen LogP contribution in [0.5, 0.6) is 0 Å². The van der Waals surface area contributed by atoms with Gasteiger partial charge in [-0.3, -0.25) is 5.32 Å². The highest BCUT2D eigenvalue weighted by Crippen LogP contribution is 2.31. The number of carbonyl (C=O) groups is 1. The zero-order valence-electron chi connectivity index (χ0n) is 10.8. The summed E-state index contributed by atoms with van der Waals surface area (Å²) in [4.78, 5) is 11.5. The van der Waals surface area contributed by atoms with E-state index in [0.717, 1.165) is 0 Å². The van der Waals surface area contributed by atoms with Crippen molar-refractivity contribution in [2.45, 2.75) is 29.9 Å². The number of nitrogens with one attached hydrogen (secondary N) is 2. The van der Waals surface area contributed by atoms with Crippen molar-refractivity contribution in [2.24, 2.45) is 0 Å². The largest absolute Gasteiger partial charge is 0.447 e. The summed E-state index contributed by atoms with van der Waals surface area (Å²) >= 11 is 17.4. The molecule has 1 aromatic carbocycles. The summed E-state index contributed by atoms with van der Waals surface area (Å²) in [5.74, 6) is -0.395. The summed E-state index contributed by atoms with van der Waals surface area (Å²) in [6.45, 7) is 3.38. The van der Waals surface area contributed by atoms with Gasteiger partial charge in [-0.05, 0) is 38.1 Å². The molecule has 1 rings (SSSR count). The van der Waals surface area contributed by atoms with Gasteiger partial charge in [-0.25, -0.2) is 9.18 Å². The van der Waals surface area contributed by atoms with Gasteiger partial charge in [0.05, 0.1) is 6.10 Å². The second kappa shape index (κ2) is 7.20. The highest BCUT2D eigenvalue weighted by atomic mass is 35.6. The van der Waals surface area contributed by atoms with E-state index in [-0.39, 0.29) is 6.10 Å². The van der Waals surface area contributed by atoms with Crippen LogP contribution in [-0.2, 0) is 4.74 Å². The van der Waals surface area contributed by atoms with E-state index in [2.05, 4.69) is 10.6 Å². The Labute approximate surface area is 131 Å². The molecule has 4 nitrogen and oxygen atoms in total.